The molecular weight excluding hydrogens is 480 g/mol. The number of nitrogens with zero attached hydrogens (tertiary/aromatic N) is 2. The first-order chi connectivity index (χ1) is 17.4. The maximum atomic E-state index is 13.2. The van der Waals surface area contributed by atoms with Gasteiger partial charge < -0.3 is 9.88 Å². The number of aromatic nitrogens is 1. The molecule has 8 nitrogen and oxygen atoms in total. The van der Waals surface area contributed by atoms with Crippen LogP contribution in [0.4, 0.5) is 16.2 Å². The van der Waals surface area contributed by atoms with Crippen molar-refractivity contribution in [3.8, 4) is 0 Å². The second-order valence-corrected chi connectivity index (χ2v) is 8.52. The van der Waals surface area contributed by atoms with Crippen molar-refractivity contribution in [3.05, 3.63) is 101 Å². The third-order valence-corrected chi connectivity index (χ3v) is 5.89. The summed E-state index contributed by atoms with van der Waals surface area (Å²) >= 11 is 6.03. The normalized spacial score (nSPS) is 14.9. The molecule has 1 fully saturated rings. The van der Waals surface area contributed by atoms with E-state index < -0.39 is 17.8 Å². The van der Waals surface area contributed by atoms with Gasteiger partial charge in [0, 0.05) is 33.4 Å². The second kappa shape index (κ2) is 9.52. The van der Waals surface area contributed by atoms with Crippen LogP contribution >= 0.6 is 11.6 Å². The van der Waals surface area contributed by atoms with Gasteiger partial charge in [-0.3, -0.25) is 19.7 Å². The van der Waals surface area contributed by atoms with Crippen LogP contribution < -0.4 is 15.5 Å². The van der Waals surface area contributed by atoms with E-state index in [0.717, 1.165) is 15.8 Å². The Morgan fingerprint density at radius 3 is 2.47 bits per heavy atom. The van der Waals surface area contributed by atoms with Crippen LogP contribution in [0.1, 0.15) is 5.56 Å². The molecule has 9 heteroatoms. The summed E-state index contributed by atoms with van der Waals surface area (Å²) in [6.07, 6.45) is 3.12. The quantitative estimate of drug-likeness (QED) is 0.310. The van der Waals surface area contributed by atoms with Gasteiger partial charge in [-0.05, 0) is 42.5 Å². The highest BCUT2D eigenvalue weighted by molar-refractivity contribution is 6.39. The maximum absolute atomic E-state index is 13.2. The maximum Gasteiger partial charge on any atom is 0.335 e. The lowest BCUT2D eigenvalue weighted by Crippen LogP contribution is -2.54. The van der Waals surface area contributed by atoms with E-state index in [1.54, 1.807) is 41.1 Å². The molecule has 1 aliphatic rings. The van der Waals surface area contributed by atoms with Crippen LogP contribution in [0.2, 0.25) is 5.02 Å². The highest BCUT2D eigenvalue weighted by Gasteiger charge is 2.37. The molecule has 1 saturated heterocycles. The summed E-state index contributed by atoms with van der Waals surface area (Å²) in [6, 6.07) is 21.8. The van der Waals surface area contributed by atoms with E-state index in [2.05, 4.69) is 10.6 Å². The van der Waals surface area contributed by atoms with Crippen molar-refractivity contribution in [1.29, 1.82) is 0 Å². The molecule has 2 N–H and O–H groups in total. The molecule has 36 heavy (non-hydrogen) atoms. The molecular formula is C27H19ClN4O4. The van der Waals surface area contributed by atoms with Crippen LogP contribution in [0.3, 0.4) is 0 Å². The minimum Gasteiger partial charge on any atom is -0.337 e. The van der Waals surface area contributed by atoms with Crippen LogP contribution in [-0.2, 0) is 20.9 Å². The molecule has 0 radical (unpaired) electrons. The van der Waals surface area contributed by atoms with Crippen LogP contribution in [-0.4, -0.2) is 28.3 Å². The minimum atomic E-state index is -0.857. The van der Waals surface area contributed by atoms with E-state index in [-0.39, 0.29) is 23.7 Å². The van der Waals surface area contributed by atoms with Crippen molar-refractivity contribution in [2.75, 3.05) is 10.2 Å². The summed E-state index contributed by atoms with van der Waals surface area (Å²) in [5, 5.41) is 6.13. The van der Waals surface area contributed by atoms with Gasteiger partial charge in [-0.2, -0.15) is 0 Å². The van der Waals surface area contributed by atoms with Crippen LogP contribution in [0.5, 0.6) is 0 Å². The number of urea groups is 1. The molecule has 0 bridgehead atoms. The number of hydrogen-bond acceptors (Lipinski definition) is 4. The Labute approximate surface area is 210 Å². The molecule has 5 rings (SSSR count). The summed E-state index contributed by atoms with van der Waals surface area (Å²) in [7, 11) is 0. The van der Waals surface area contributed by atoms with Crippen molar-refractivity contribution in [2.24, 2.45) is 0 Å². The van der Waals surface area contributed by atoms with Gasteiger partial charge in [0.15, 0.2) is 0 Å². The van der Waals surface area contributed by atoms with Crippen molar-refractivity contribution in [3.63, 3.8) is 0 Å². The first kappa shape index (κ1) is 23.1. The van der Waals surface area contributed by atoms with Gasteiger partial charge in [0.05, 0.1) is 5.69 Å². The number of amides is 5. The number of benzene rings is 3. The van der Waals surface area contributed by atoms with Crippen LogP contribution in [0, 0.1) is 0 Å². The number of carbonyl (C=O) groups excluding carboxylic acids is 4. The predicted molar refractivity (Wildman–Crippen MR) is 137 cm³/mol. The summed E-state index contributed by atoms with van der Waals surface area (Å²) in [5.74, 6) is -1.81. The highest BCUT2D eigenvalue weighted by atomic mass is 35.5. The van der Waals surface area contributed by atoms with Crippen molar-refractivity contribution < 1.29 is 19.2 Å². The third-order valence-electron chi connectivity index (χ3n) is 5.66. The average molecular weight is 499 g/mol. The van der Waals surface area contributed by atoms with Gasteiger partial charge >= 0.3 is 6.03 Å². The fourth-order valence-corrected chi connectivity index (χ4v) is 4.24. The molecule has 0 spiro atoms. The van der Waals surface area contributed by atoms with Gasteiger partial charge in [0.25, 0.3) is 11.8 Å². The Balaban J connectivity index is 1.49. The number of barbiturate groups is 1. The average Bonchev–Trinajstić information content (AvgIpc) is 3.19. The Hall–Kier alpha value is -4.69. The standard InChI is InChI=1S/C27H19ClN4O4/c28-18-7-6-10-20(14-18)32-26(35)22(25(34)30-27(32)36)13-17-15-31(23-12-5-4-11-21(17)23)16-24(33)29-19-8-2-1-3-9-19/h1-15H,16H2,(H,29,33)(H,30,34,36). The van der Waals surface area contributed by atoms with Gasteiger partial charge in [-0.25, -0.2) is 9.69 Å². The molecule has 0 saturated carbocycles. The molecule has 5 amide bonds. The molecule has 178 valence electrons. The van der Waals surface area contributed by atoms with E-state index in [4.69, 9.17) is 11.6 Å². The number of imide groups is 2. The van der Waals surface area contributed by atoms with Gasteiger partial charge in [0.1, 0.15) is 12.1 Å². The Morgan fingerprint density at radius 2 is 1.69 bits per heavy atom. The lowest BCUT2D eigenvalue weighted by molar-refractivity contribution is -0.122. The number of hydrogen-bond donors (Lipinski definition) is 2. The molecule has 1 aromatic heterocycles. The number of halogens is 1. The van der Waals surface area contributed by atoms with E-state index in [0.29, 0.717) is 16.3 Å². The zero-order chi connectivity index (χ0) is 25.2. The number of rotatable bonds is 5. The summed E-state index contributed by atoms with van der Waals surface area (Å²) < 4.78 is 1.74. The minimum absolute atomic E-state index is 0.0197. The Kier molecular flexibility index (Phi) is 6.10. The van der Waals surface area contributed by atoms with Gasteiger partial charge in [-0.1, -0.05) is 54.1 Å². The monoisotopic (exact) mass is 498 g/mol. The highest BCUT2D eigenvalue weighted by Crippen LogP contribution is 2.27. The topological polar surface area (TPSA) is 101 Å². The number of anilines is 2. The molecule has 0 atom stereocenters. The number of nitrogens with one attached hydrogen (secondary N) is 2. The zero-order valence-electron chi connectivity index (χ0n) is 18.8. The summed E-state index contributed by atoms with van der Waals surface area (Å²) in [4.78, 5) is 51.9. The van der Waals surface area contributed by atoms with E-state index in [9.17, 15) is 19.2 Å². The van der Waals surface area contributed by atoms with E-state index >= 15 is 0 Å². The first-order valence-electron chi connectivity index (χ1n) is 11.0. The van der Waals surface area contributed by atoms with Crippen molar-refractivity contribution in [2.45, 2.75) is 6.54 Å². The molecule has 1 aliphatic heterocycles. The molecule has 2 heterocycles. The van der Waals surface area contributed by atoms with E-state index in [1.165, 1.54) is 12.1 Å². The zero-order valence-corrected chi connectivity index (χ0v) is 19.5. The predicted octanol–water partition coefficient (Wildman–Crippen LogP) is 4.60. The van der Waals surface area contributed by atoms with Crippen LogP contribution in [0.25, 0.3) is 17.0 Å². The lowest BCUT2D eigenvalue weighted by atomic mass is 10.1. The fraction of sp³-hybridized carbons (Fsp3) is 0.0370. The number of para-hydroxylation sites is 2. The smallest absolute Gasteiger partial charge is 0.335 e. The SMILES string of the molecule is O=C(Cn1cc(C=C2C(=O)NC(=O)N(c3cccc(Cl)c3)C2=O)c2ccccc21)Nc1ccccc1. The number of fused-ring (bicyclic) bond motifs is 1. The van der Waals surface area contributed by atoms with Crippen LogP contribution in [0.15, 0.2) is 90.6 Å². The Morgan fingerprint density at radius 1 is 0.944 bits per heavy atom. The molecule has 4 aromatic rings. The molecule has 0 aliphatic carbocycles. The molecule has 3 aromatic carbocycles. The third kappa shape index (κ3) is 4.49. The second-order valence-electron chi connectivity index (χ2n) is 8.08. The summed E-state index contributed by atoms with van der Waals surface area (Å²) in [5.41, 5.74) is 2.00. The van der Waals surface area contributed by atoms with Crippen molar-refractivity contribution in [1.82, 2.24) is 9.88 Å². The van der Waals surface area contributed by atoms with E-state index in [1.807, 2.05) is 42.5 Å². The summed E-state index contributed by atoms with van der Waals surface area (Å²) in [6.45, 7) is 0.0197. The fourth-order valence-electron chi connectivity index (χ4n) is 4.06. The van der Waals surface area contributed by atoms with Crippen molar-refractivity contribution >= 4 is 63.7 Å². The van der Waals surface area contributed by atoms with Gasteiger partial charge in [0.2, 0.25) is 5.91 Å². The lowest BCUT2D eigenvalue weighted by Gasteiger charge is -2.26. The van der Waals surface area contributed by atoms with Gasteiger partial charge in [-0.15, -0.1) is 0 Å². The Bertz CT molecular complexity index is 1560. The number of carbonyl (C=O) groups is 4. The largest absolute Gasteiger partial charge is 0.337 e. The molecule has 0 unspecified atom stereocenters. The first-order valence-corrected chi connectivity index (χ1v) is 11.4.